The van der Waals surface area contributed by atoms with Crippen LogP contribution in [0.3, 0.4) is 0 Å². The summed E-state index contributed by atoms with van der Waals surface area (Å²) in [6.07, 6.45) is -0.271. The zero-order valence-electron chi connectivity index (χ0n) is 22.4. The fourth-order valence-electron chi connectivity index (χ4n) is 4.56. The number of fused-ring (bicyclic) bond motifs is 1. The van der Waals surface area contributed by atoms with E-state index < -0.39 is 17.3 Å². The maximum Gasteiger partial charge on any atom is 0.303 e. The molecule has 0 aliphatic carbocycles. The number of carbonyl (C=O) groups excluding carboxylic acids is 2. The van der Waals surface area contributed by atoms with Crippen molar-refractivity contribution < 1.29 is 19.1 Å². The third-order valence-electron chi connectivity index (χ3n) is 6.90. The second-order valence-electron chi connectivity index (χ2n) is 9.55. The maximum absolute atomic E-state index is 14.1. The van der Waals surface area contributed by atoms with Gasteiger partial charge in [-0.05, 0) is 61.9 Å². The number of likely N-dealkylation sites (N-methyl/N-ethyl adjacent to an activating group) is 1. The van der Waals surface area contributed by atoms with E-state index in [9.17, 15) is 9.59 Å². The van der Waals surface area contributed by atoms with E-state index in [1.165, 1.54) is 18.7 Å². The lowest BCUT2D eigenvalue weighted by atomic mass is 10.0. The number of nitrogens with zero attached hydrogens (tertiary/aromatic N) is 2. The van der Waals surface area contributed by atoms with E-state index in [1.807, 2.05) is 67.7 Å². The van der Waals surface area contributed by atoms with Gasteiger partial charge in [0.15, 0.2) is 6.10 Å². The van der Waals surface area contributed by atoms with Gasteiger partial charge in [-0.1, -0.05) is 59.6 Å². The molecule has 0 spiro atoms. The van der Waals surface area contributed by atoms with Crippen molar-refractivity contribution in [3.8, 4) is 5.75 Å². The van der Waals surface area contributed by atoms with Gasteiger partial charge in [0.25, 0.3) is 5.91 Å². The number of esters is 1. The molecule has 3 aromatic carbocycles. The zero-order chi connectivity index (χ0) is 28.1. The van der Waals surface area contributed by atoms with Crippen LogP contribution in [0.4, 0.5) is 5.69 Å². The van der Waals surface area contributed by atoms with Crippen molar-refractivity contribution in [3.63, 3.8) is 0 Å². The Kier molecular flexibility index (Phi) is 9.83. The van der Waals surface area contributed by atoms with Crippen LogP contribution in [0.15, 0.2) is 71.6 Å². The van der Waals surface area contributed by atoms with E-state index in [4.69, 9.17) is 32.7 Å². The first-order valence-electron chi connectivity index (χ1n) is 12.7. The second-order valence-corrected chi connectivity index (χ2v) is 11.5. The molecule has 3 atom stereocenters. The van der Waals surface area contributed by atoms with Crippen molar-refractivity contribution in [1.29, 1.82) is 0 Å². The first-order valence-corrected chi connectivity index (χ1v) is 14.3. The van der Waals surface area contributed by atoms with Crippen molar-refractivity contribution in [1.82, 2.24) is 4.90 Å². The highest BCUT2D eigenvalue weighted by molar-refractivity contribution is 7.99. The number of hydrogen-bond acceptors (Lipinski definition) is 6. The Morgan fingerprint density at radius 1 is 1.08 bits per heavy atom. The van der Waals surface area contributed by atoms with E-state index in [1.54, 1.807) is 18.1 Å². The van der Waals surface area contributed by atoms with E-state index in [2.05, 4.69) is 11.8 Å². The van der Waals surface area contributed by atoms with Gasteiger partial charge in [0.2, 0.25) is 0 Å². The van der Waals surface area contributed by atoms with Crippen molar-refractivity contribution in [2.45, 2.75) is 42.6 Å². The van der Waals surface area contributed by atoms with E-state index in [0.717, 1.165) is 34.7 Å². The topological polar surface area (TPSA) is 59.1 Å². The summed E-state index contributed by atoms with van der Waals surface area (Å²) in [5, 5.41) is 0.691. The molecule has 0 aromatic heterocycles. The number of rotatable bonds is 9. The summed E-state index contributed by atoms with van der Waals surface area (Å²) < 4.78 is 11.0. The largest absolute Gasteiger partial charge is 0.497 e. The lowest BCUT2D eigenvalue weighted by molar-refractivity contribution is -0.152. The van der Waals surface area contributed by atoms with Crippen molar-refractivity contribution >= 4 is 52.5 Å². The first-order chi connectivity index (χ1) is 18.7. The molecule has 0 saturated heterocycles. The van der Waals surface area contributed by atoms with Gasteiger partial charge >= 0.3 is 5.97 Å². The van der Waals surface area contributed by atoms with Gasteiger partial charge in [0.05, 0.1) is 28.1 Å². The number of thioether (sulfide) groups is 1. The molecule has 0 bridgehead atoms. The fraction of sp³-hybridized carbons (Fsp3) is 0.333. The molecule has 1 amide bonds. The summed E-state index contributed by atoms with van der Waals surface area (Å²) in [6.45, 7) is 4.56. The van der Waals surface area contributed by atoms with Gasteiger partial charge in [-0.2, -0.15) is 0 Å². The van der Waals surface area contributed by atoms with Gasteiger partial charge in [-0.3, -0.25) is 9.59 Å². The Balaban J connectivity index is 1.60. The number of anilines is 1. The molecule has 1 heterocycles. The molecule has 6 nitrogen and oxygen atoms in total. The normalized spacial score (nSPS) is 17.9. The smallest absolute Gasteiger partial charge is 0.303 e. The number of carbonyl (C=O) groups is 2. The Labute approximate surface area is 244 Å². The van der Waals surface area contributed by atoms with Crippen LogP contribution in [0.5, 0.6) is 5.75 Å². The number of halogens is 2. The molecular weight excluding hydrogens is 555 g/mol. The minimum atomic E-state index is -0.990. The van der Waals surface area contributed by atoms with Crippen LogP contribution in [0, 0.1) is 0 Å². The minimum Gasteiger partial charge on any atom is -0.497 e. The molecule has 0 radical (unpaired) electrons. The van der Waals surface area contributed by atoms with Crippen LogP contribution >= 0.6 is 35.0 Å². The van der Waals surface area contributed by atoms with E-state index in [-0.39, 0.29) is 11.9 Å². The summed E-state index contributed by atoms with van der Waals surface area (Å²) in [5.41, 5.74) is 2.66. The maximum atomic E-state index is 14.1. The molecule has 0 saturated carbocycles. The number of amides is 1. The summed E-state index contributed by atoms with van der Waals surface area (Å²) >= 11 is 14.1. The first kappa shape index (κ1) is 29.3. The van der Waals surface area contributed by atoms with E-state index >= 15 is 0 Å². The third kappa shape index (κ3) is 6.90. The Bertz CT molecular complexity index is 1320. The SMILES string of the molecule is COc1ccc(C2Sc3ccccc3N(C[C@H](C)N(C)CCc3cccc(Cl)c3Cl)C(=O)C2OC(C)=O)cc1. The number of methoxy groups -OCH3 is 1. The predicted molar refractivity (Wildman–Crippen MR) is 158 cm³/mol. The quantitative estimate of drug-likeness (QED) is 0.261. The highest BCUT2D eigenvalue weighted by Crippen LogP contribution is 2.47. The molecule has 1 aliphatic heterocycles. The van der Waals surface area contributed by atoms with Crippen molar-refractivity contribution in [3.05, 3.63) is 87.9 Å². The van der Waals surface area contributed by atoms with Crippen LogP contribution in [0.1, 0.15) is 30.2 Å². The molecule has 2 unspecified atom stereocenters. The number of benzene rings is 3. The molecule has 0 fully saturated rings. The third-order valence-corrected chi connectivity index (χ3v) is 9.13. The molecular formula is C30H32Cl2N2O4S. The van der Waals surface area contributed by atoms with Gasteiger partial charge in [0.1, 0.15) is 5.75 Å². The van der Waals surface area contributed by atoms with Gasteiger partial charge in [-0.15, -0.1) is 11.8 Å². The summed E-state index contributed by atoms with van der Waals surface area (Å²) in [6, 6.07) is 21.0. The average Bonchev–Trinajstić information content (AvgIpc) is 3.04. The predicted octanol–water partition coefficient (Wildman–Crippen LogP) is 6.68. The van der Waals surface area contributed by atoms with Gasteiger partial charge < -0.3 is 19.3 Å². The fourth-order valence-corrected chi connectivity index (χ4v) is 6.29. The molecule has 39 heavy (non-hydrogen) atoms. The Hall–Kier alpha value is -2.71. The lowest BCUT2D eigenvalue weighted by Crippen LogP contribution is -2.48. The molecule has 1 aliphatic rings. The van der Waals surface area contributed by atoms with Gasteiger partial charge in [0, 0.05) is 31.0 Å². The minimum absolute atomic E-state index is 0.000445. The molecule has 3 aromatic rings. The summed E-state index contributed by atoms with van der Waals surface area (Å²) in [5.74, 6) is -0.0331. The van der Waals surface area contributed by atoms with Crippen LogP contribution in [-0.2, 0) is 20.7 Å². The van der Waals surface area contributed by atoms with Crippen molar-refractivity contribution in [2.75, 3.05) is 32.1 Å². The standard InChI is InChI=1S/C30H32Cl2N2O4S/c1-19(33(3)17-16-21-8-7-9-24(31)27(21)32)18-34-25-10-5-6-11-26(25)39-29(28(30(34)36)38-20(2)35)22-12-14-23(37-4)15-13-22/h5-15,19,28-29H,16-18H2,1-4H3/t19-,28?,29?/m0/s1. The average molecular weight is 588 g/mol. The highest BCUT2D eigenvalue weighted by Gasteiger charge is 2.41. The lowest BCUT2D eigenvalue weighted by Gasteiger charge is -2.33. The van der Waals surface area contributed by atoms with Gasteiger partial charge in [-0.25, -0.2) is 0 Å². The van der Waals surface area contributed by atoms with Crippen LogP contribution in [0.25, 0.3) is 0 Å². The summed E-state index contributed by atoms with van der Waals surface area (Å²) in [7, 11) is 3.63. The highest BCUT2D eigenvalue weighted by atomic mass is 35.5. The number of hydrogen-bond donors (Lipinski definition) is 0. The Morgan fingerprint density at radius 3 is 2.49 bits per heavy atom. The molecule has 0 N–H and O–H groups in total. The molecule has 4 rings (SSSR count). The Morgan fingerprint density at radius 2 is 1.79 bits per heavy atom. The zero-order valence-corrected chi connectivity index (χ0v) is 24.7. The van der Waals surface area contributed by atoms with E-state index in [0.29, 0.717) is 22.3 Å². The molecule has 206 valence electrons. The van der Waals surface area contributed by atoms with Crippen molar-refractivity contribution in [2.24, 2.45) is 0 Å². The number of para-hydroxylation sites is 1. The number of ether oxygens (including phenoxy) is 2. The van der Waals surface area contributed by atoms with Crippen LogP contribution in [-0.4, -0.2) is 56.2 Å². The monoisotopic (exact) mass is 586 g/mol. The summed E-state index contributed by atoms with van der Waals surface area (Å²) in [4.78, 5) is 31.2. The van der Waals surface area contributed by atoms with Crippen LogP contribution < -0.4 is 9.64 Å². The second kappa shape index (κ2) is 13.1. The van der Waals surface area contributed by atoms with Crippen LogP contribution in [0.2, 0.25) is 10.0 Å². The molecule has 9 heteroatoms.